The molecule has 0 aliphatic heterocycles. The Kier molecular flexibility index (Phi) is 4.97. The van der Waals surface area contributed by atoms with Crippen LogP contribution in [-0.4, -0.2) is 13.1 Å². The first-order valence-corrected chi connectivity index (χ1v) is 7.26. The Morgan fingerprint density at radius 1 is 1.10 bits per heavy atom. The first-order valence-electron chi connectivity index (χ1n) is 7.26. The number of anilines is 1. The highest BCUT2D eigenvalue weighted by atomic mass is 19.1. The standard InChI is InChI=1S/C18H23FN2/c1-13-4-6-15(7-5-13)12-21(3)18-9-8-16(10-14(2)20)11-17(18)19/h4-9,11,14H,10,12,20H2,1-3H3. The van der Waals surface area contributed by atoms with Crippen molar-refractivity contribution in [3.05, 3.63) is 65.0 Å². The van der Waals surface area contributed by atoms with E-state index in [1.54, 1.807) is 6.07 Å². The van der Waals surface area contributed by atoms with Gasteiger partial charge in [-0.05, 0) is 43.5 Å². The lowest BCUT2D eigenvalue weighted by Gasteiger charge is -2.21. The minimum absolute atomic E-state index is 0.0422. The van der Waals surface area contributed by atoms with E-state index < -0.39 is 0 Å². The summed E-state index contributed by atoms with van der Waals surface area (Å²) in [4.78, 5) is 1.93. The van der Waals surface area contributed by atoms with Gasteiger partial charge in [0.25, 0.3) is 0 Å². The van der Waals surface area contributed by atoms with Crippen LogP contribution in [-0.2, 0) is 13.0 Å². The van der Waals surface area contributed by atoms with Crippen LogP contribution in [0.3, 0.4) is 0 Å². The molecule has 0 aliphatic rings. The Labute approximate surface area is 126 Å². The number of nitrogens with two attached hydrogens (primary N) is 1. The second-order valence-corrected chi connectivity index (χ2v) is 5.81. The molecule has 3 heteroatoms. The number of rotatable bonds is 5. The molecule has 0 fully saturated rings. The Morgan fingerprint density at radius 3 is 2.29 bits per heavy atom. The van der Waals surface area contributed by atoms with Crippen molar-refractivity contribution >= 4 is 5.69 Å². The second kappa shape index (κ2) is 6.72. The Hall–Kier alpha value is -1.87. The van der Waals surface area contributed by atoms with Crippen molar-refractivity contribution < 1.29 is 4.39 Å². The minimum atomic E-state index is -0.192. The van der Waals surface area contributed by atoms with Crippen molar-refractivity contribution in [2.45, 2.75) is 32.9 Å². The van der Waals surface area contributed by atoms with Crippen molar-refractivity contribution in [1.82, 2.24) is 0 Å². The first-order chi connectivity index (χ1) is 9.95. The summed E-state index contributed by atoms with van der Waals surface area (Å²) in [6.45, 7) is 4.67. The van der Waals surface area contributed by atoms with Crippen LogP contribution in [0.15, 0.2) is 42.5 Å². The third-order valence-electron chi connectivity index (χ3n) is 3.52. The van der Waals surface area contributed by atoms with Crippen molar-refractivity contribution in [3.63, 3.8) is 0 Å². The van der Waals surface area contributed by atoms with Crippen LogP contribution in [0.1, 0.15) is 23.6 Å². The Morgan fingerprint density at radius 2 is 1.71 bits per heavy atom. The van der Waals surface area contributed by atoms with Gasteiger partial charge in [-0.15, -0.1) is 0 Å². The molecule has 0 spiro atoms. The van der Waals surface area contributed by atoms with Crippen LogP contribution < -0.4 is 10.6 Å². The summed E-state index contributed by atoms with van der Waals surface area (Å²) in [6.07, 6.45) is 0.693. The minimum Gasteiger partial charge on any atom is -0.368 e. The van der Waals surface area contributed by atoms with Crippen LogP contribution >= 0.6 is 0 Å². The van der Waals surface area contributed by atoms with Crippen LogP contribution in [0.2, 0.25) is 0 Å². The number of nitrogens with zero attached hydrogens (tertiary/aromatic N) is 1. The maximum absolute atomic E-state index is 14.2. The fraction of sp³-hybridized carbons (Fsp3) is 0.333. The predicted octanol–water partition coefficient (Wildman–Crippen LogP) is 3.66. The van der Waals surface area contributed by atoms with Gasteiger partial charge in [0.2, 0.25) is 0 Å². The number of halogens is 1. The van der Waals surface area contributed by atoms with Gasteiger partial charge in [0.15, 0.2) is 0 Å². The molecule has 112 valence electrons. The molecule has 0 heterocycles. The fourth-order valence-corrected chi connectivity index (χ4v) is 2.41. The third-order valence-corrected chi connectivity index (χ3v) is 3.52. The van der Waals surface area contributed by atoms with Crippen LogP contribution in [0.4, 0.5) is 10.1 Å². The monoisotopic (exact) mass is 286 g/mol. The van der Waals surface area contributed by atoms with E-state index in [2.05, 4.69) is 31.2 Å². The van der Waals surface area contributed by atoms with Crippen LogP contribution in [0.5, 0.6) is 0 Å². The molecule has 0 saturated carbocycles. The number of hydrogen-bond donors (Lipinski definition) is 1. The lowest BCUT2D eigenvalue weighted by molar-refractivity contribution is 0.617. The SMILES string of the molecule is Cc1ccc(CN(C)c2ccc(CC(C)N)cc2F)cc1. The summed E-state index contributed by atoms with van der Waals surface area (Å²) >= 11 is 0. The summed E-state index contributed by atoms with van der Waals surface area (Å²) in [5, 5.41) is 0. The molecule has 2 rings (SSSR count). The zero-order valence-corrected chi connectivity index (χ0v) is 12.9. The van der Waals surface area contributed by atoms with Crippen molar-refractivity contribution in [2.24, 2.45) is 5.73 Å². The largest absolute Gasteiger partial charge is 0.368 e. The van der Waals surface area contributed by atoms with E-state index in [0.717, 1.165) is 5.56 Å². The highest BCUT2D eigenvalue weighted by Gasteiger charge is 2.10. The number of aryl methyl sites for hydroxylation is 1. The Bertz CT molecular complexity index is 591. The molecule has 0 amide bonds. The van der Waals surface area contributed by atoms with Gasteiger partial charge in [0.1, 0.15) is 5.82 Å². The van der Waals surface area contributed by atoms with Crippen molar-refractivity contribution in [1.29, 1.82) is 0 Å². The number of benzene rings is 2. The van der Waals surface area contributed by atoms with E-state index in [9.17, 15) is 4.39 Å². The molecule has 2 nitrogen and oxygen atoms in total. The fourth-order valence-electron chi connectivity index (χ4n) is 2.41. The van der Waals surface area contributed by atoms with E-state index in [1.165, 1.54) is 11.1 Å². The number of hydrogen-bond acceptors (Lipinski definition) is 2. The highest BCUT2D eigenvalue weighted by molar-refractivity contribution is 5.49. The van der Waals surface area contributed by atoms with Gasteiger partial charge >= 0.3 is 0 Å². The van der Waals surface area contributed by atoms with Gasteiger partial charge in [-0.1, -0.05) is 35.9 Å². The normalized spacial score (nSPS) is 12.2. The third kappa shape index (κ3) is 4.30. The van der Waals surface area contributed by atoms with E-state index in [4.69, 9.17) is 5.73 Å². The summed E-state index contributed by atoms with van der Waals surface area (Å²) in [5.41, 5.74) is 9.71. The van der Waals surface area contributed by atoms with Gasteiger partial charge in [0, 0.05) is 19.6 Å². The lowest BCUT2D eigenvalue weighted by atomic mass is 10.1. The predicted molar refractivity (Wildman–Crippen MR) is 87.0 cm³/mol. The summed E-state index contributed by atoms with van der Waals surface area (Å²) < 4.78 is 14.2. The molecule has 0 aliphatic carbocycles. The maximum atomic E-state index is 14.2. The van der Waals surface area contributed by atoms with E-state index in [-0.39, 0.29) is 11.9 Å². The maximum Gasteiger partial charge on any atom is 0.146 e. The highest BCUT2D eigenvalue weighted by Crippen LogP contribution is 2.22. The smallest absolute Gasteiger partial charge is 0.146 e. The molecule has 1 atom stereocenters. The second-order valence-electron chi connectivity index (χ2n) is 5.81. The van der Waals surface area contributed by atoms with Gasteiger partial charge in [-0.3, -0.25) is 0 Å². The van der Waals surface area contributed by atoms with Crippen LogP contribution in [0.25, 0.3) is 0 Å². The molecule has 0 aromatic heterocycles. The lowest BCUT2D eigenvalue weighted by Crippen LogP contribution is -2.19. The molecule has 2 aromatic carbocycles. The van der Waals surface area contributed by atoms with Gasteiger partial charge in [-0.25, -0.2) is 4.39 Å². The molecular formula is C18H23FN2. The average molecular weight is 286 g/mol. The molecule has 0 bridgehead atoms. The summed E-state index contributed by atoms with van der Waals surface area (Å²) in [7, 11) is 1.91. The molecule has 0 radical (unpaired) electrons. The molecule has 2 N–H and O–H groups in total. The summed E-state index contributed by atoms with van der Waals surface area (Å²) in [5.74, 6) is -0.192. The van der Waals surface area contributed by atoms with Gasteiger partial charge in [-0.2, -0.15) is 0 Å². The van der Waals surface area contributed by atoms with Crippen LogP contribution in [0, 0.1) is 12.7 Å². The first kappa shape index (κ1) is 15.5. The molecule has 21 heavy (non-hydrogen) atoms. The topological polar surface area (TPSA) is 29.3 Å². The Balaban J connectivity index is 2.11. The molecular weight excluding hydrogens is 263 g/mol. The zero-order valence-electron chi connectivity index (χ0n) is 12.9. The van der Waals surface area contributed by atoms with E-state index in [0.29, 0.717) is 18.7 Å². The van der Waals surface area contributed by atoms with Crippen molar-refractivity contribution in [3.8, 4) is 0 Å². The quantitative estimate of drug-likeness (QED) is 0.909. The molecule has 0 saturated heterocycles. The molecule has 1 unspecified atom stereocenters. The summed E-state index contributed by atoms with van der Waals surface area (Å²) in [6, 6.07) is 13.7. The van der Waals surface area contributed by atoms with E-state index >= 15 is 0 Å². The zero-order chi connectivity index (χ0) is 15.4. The van der Waals surface area contributed by atoms with Crippen molar-refractivity contribution in [2.75, 3.05) is 11.9 Å². The van der Waals surface area contributed by atoms with Gasteiger partial charge in [0.05, 0.1) is 5.69 Å². The molecule has 2 aromatic rings. The average Bonchev–Trinajstić information content (AvgIpc) is 2.40. The van der Waals surface area contributed by atoms with Gasteiger partial charge < -0.3 is 10.6 Å². The van der Waals surface area contributed by atoms with E-state index in [1.807, 2.05) is 31.0 Å².